The zero-order valence-electron chi connectivity index (χ0n) is 6.49. The van der Waals surface area contributed by atoms with Gasteiger partial charge in [-0.05, 0) is 13.0 Å². The molecule has 0 atom stereocenters. The van der Waals surface area contributed by atoms with Crippen LogP contribution >= 0.6 is 0 Å². The predicted molar refractivity (Wildman–Crippen MR) is 40.3 cm³/mol. The van der Waals surface area contributed by atoms with Gasteiger partial charge in [-0.3, -0.25) is 0 Å². The van der Waals surface area contributed by atoms with Crippen LogP contribution in [0, 0.1) is 0 Å². The lowest BCUT2D eigenvalue weighted by atomic mass is 10.1. The summed E-state index contributed by atoms with van der Waals surface area (Å²) in [4.78, 5) is 0. The van der Waals surface area contributed by atoms with Crippen LogP contribution < -0.4 is 12.3 Å². The third-order valence-electron chi connectivity index (χ3n) is 0.982. The zero-order valence-corrected chi connectivity index (χ0v) is 6.49. The molecule has 0 amide bonds. The van der Waals surface area contributed by atoms with Gasteiger partial charge >= 0.3 is 0 Å². The van der Waals surface area contributed by atoms with Crippen LogP contribution in [0.25, 0.3) is 0 Å². The number of aliphatic hydroxyl groups is 4. The fourth-order valence-corrected chi connectivity index (χ4v) is 0.193. The van der Waals surface area contributed by atoms with Crippen molar-refractivity contribution < 1.29 is 20.4 Å². The molecule has 0 spiro atoms. The number of hydrogen-bond acceptors (Lipinski definition) is 6. The van der Waals surface area contributed by atoms with Crippen LogP contribution in [0.15, 0.2) is 12.7 Å². The normalized spacial score (nSPS) is 11.0. The van der Waals surface area contributed by atoms with Gasteiger partial charge in [0.05, 0.1) is 0 Å². The smallest absolute Gasteiger partial charge is 0.238 e. The van der Waals surface area contributed by atoms with Gasteiger partial charge in [0.2, 0.25) is 11.6 Å². The lowest BCUT2D eigenvalue weighted by molar-refractivity contribution is -0.323. The summed E-state index contributed by atoms with van der Waals surface area (Å²) in [5, 5.41) is 34.3. The van der Waals surface area contributed by atoms with Crippen molar-refractivity contribution in [3.63, 3.8) is 0 Å². The molecule has 0 bridgehead atoms. The highest BCUT2D eigenvalue weighted by molar-refractivity contribution is 4.93. The van der Waals surface area contributed by atoms with E-state index in [1.165, 1.54) is 0 Å². The monoisotopic (exact) mass is 168 g/mol. The fraction of sp³-hybridized carbons (Fsp3) is 0.600. The molecule has 0 saturated heterocycles. The van der Waals surface area contributed by atoms with E-state index in [4.69, 9.17) is 20.4 Å². The average molecular weight is 168 g/mol. The molecule has 0 aliphatic carbocycles. The van der Waals surface area contributed by atoms with Crippen LogP contribution in [0.2, 0.25) is 0 Å². The zero-order chi connectivity index (χ0) is 7.71. The minimum Gasteiger partial charge on any atom is -0.361 e. The highest BCUT2D eigenvalue weighted by Crippen LogP contribution is 2.15. The Morgan fingerprint density at radius 1 is 1.09 bits per heavy atom. The molecule has 0 rings (SSSR count). The molecule has 10 N–H and O–H groups in total. The molecular weight excluding hydrogens is 152 g/mol. The molecule has 0 aromatic rings. The minimum atomic E-state index is -2.65. The molecule has 0 radical (unpaired) electrons. The van der Waals surface area contributed by atoms with E-state index in [1.54, 1.807) is 0 Å². The van der Waals surface area contributed by atoms with Gasteiger partial charge in [0.15, 0.2) is 0 Å². The quantitative estimate of drug-likeness (QED) is 0.227. The molecule has 6 heteroatoms. The Morgan fingerprint density at radius 3 is 1.36 bits per heavy atom. The first-order chi connectivity index (χ1) is 3.81. The molecule has 11 heavy (non-hydrogen) atoms. The van der Waals surface area contributed by atoms with Gasteiger partial charge in [-0.2, -0.15) is 0 Å². The van der Waals surface area contributed by atoms with E-state index in [0.29, 0.717) is 6.08 Å². The van der Waals surface area contributed by atoms with E-state index >= 15 is 0 Å². The number of hydrogen-bond donors (Lipinski definition) is 6. The third kappa shape index (κ3) is 4.04. The summed E-state index contributed by atoms with van der Waals surface area (Å²) in [7, 11) is 0. The number of rotatable bonds is 2. The molecule has 0 saturated carbocycles. The van der Waals surface area contributed by atoms with Gasteiger partial charge in [-0.1, -0.05) is 6.58 Å². The van der Waals surface area contributed by atoms with Crippen molar-refractivity contribution in [2.24, 2.45) is 0 Å². The molecule has 0 aliphatic heterocycles. The summed E-state index contributed by atoms with van der Waals surface area (Å²) in [6.07, 6.45) is 0.632. The van der Waals surface area contributed by atoms with Crippen LogP contribution in [0.3, 0.4) is 0 Å². The Balaban J connectivity index is -0.000000320. The van der Waals surface area contributed by atoms with Gasteiger partial charge < -0.3 is 32.7 Å². The average Bonchev–Trinajstić information content (AvgIpc) is 1.64. The van der Waals surface area contributed by atoms with Gasteiger partial charge in [-0.15, -0.1) is 0 Å². The minimum absolute atomic E-state index is 0. The van der Waals surface area contributed by atoms with Crippen LogP contribution in [0.4, 0.5) is 0 Å². The maximum absolute atomic E-state index is 8.60. The van der Waals surface area contributed by atoms with Crippen molar-refractivity contribution in [3.05, 3.63) is 12.7 Å². The molecule has 70 valence electrons. The van der Waals surface area contributed by atoms with Crippen molar-refractivity contribution in [1.29, 1.82) is 0 Å². The van der Waals surface area contributed by atoms with Gasteiger partial charge in [-0.25, -0.2) is 0 Å². The van der Waals surface area contributed by atoms with Crippen LogP contribution in [-0.2, 0) is 0 Å². The van der Waals surface area contributed by atoms with E-state index in [1.807, 2.05) is 0 Å². The predicted octanol–water partition coefficient (Wildman–Crippen LogP) is -1.12. The van der Waals surface area contributed by atoms with Gasteiger partial charge in [0.25, 0.3) is 0 Å². The van der Waals surface area contributed by atoms with E-state index in [-0.39, 0.29) is 12.3 Å². The van der Waals surface area contributed by atoms with Crippen LogP contribution in [0.5, 0.6) is 0 Å². The summed E-state index contributed by atoms with van der Waals surface area (Å²) >= 11 is 0. The first-order valence-corrected chi connectivity index (χ1v) is 2.34. The summed E-state index contributed by atoms with van der Waals surface area (Å²) < 4.78 is 0. The Bertz CT molecular complexity index is 118. The standard InChI is InChI=1S/C5H10O4.2H3N/c1-3-5(8,9)4(2,6)7;;/h3,6-9H,1H2,2H3;2*1H3. The van der Waals surface area contributed by atoms with Crippen LogP contribution in [0.1, 0.15) is 6.92 Å². The molecule has 0 aliphatic rings. The molecule has 0 aromatic heterocycles. The highest BCUT2D eigenvalue weighted by atomic mass is 16.6. The second-order valence-electron chi connectivity index (χ2n) is 1.95. The lowest BCUT2D eigenvalue weighted by Gasteiger charge is -2.28. The first kappa shape index (κ1) is 16.8. The van der Waals surface area contributed by atoms with Crippen LogP contribution in [-0.4, -0.2) is 32.0 Å². The fourth-order valence-electron chi connectivity index (χ4n) is 0.193. The summed E-state index contributed by atoms with van der Waals surface area (Å²) in [6, 6.07) is 0. The Hall–Kier alpha value is -0.500. The van der Waals surface area contributed by atoms with E-state index in [9.17, 15) is 0 Å². The first-order valence-electron chi connectivity index (χ1n) is 2.34. The summed E-state index contributed by atoms with van der Waals surface area (Å²) in [6.45, 7) is 3.82. The van der Waals surface area contributed by atoms with E-state index in [0.717, 1.165) is 6.92 Å². The van der Waals surface area contributed by atoms with Crippen molar-refractivity contribution in [2.45, 2.75) is 18.5 Å². The molecule has 0 aromatic carbocycles. The highest BCUT2D eigenvalue weighted by Gasteiger charge is 2.39. The van der Waals surface area contributed by atoms with Crippen molar-refractivity contribution in [1.82, 2.24) is 12.3 Å². The molecule has 0 heterocycles. The maximum Gasteiger partial charge on any atom is 0.238 e. The maximum atomic E-state index is 8.60. The van der Waals surface area contributed by atoms with Crippen molar-refractivity contribution >= 4 is 0 Å². The van der Waals surface area contributed by atoms with Crippen molar-refractivity contribution in [3.8, 4) is 0 Å². The molecular formula is C5H16N2O4. The Labute approximate surface area is 65.0 Å². The van der Waals surface area contributed by atoms with Crippen molar-refractivity contribution in [2.75, 3.05) is 0 Å². The Morgan fingerprint density at radius 2 is 1.36 bits per heavy atom. The van der Waals surface area contributed by atoms with E-state index < -0.39 is 11.6 Å². The second kappa shape index (κ2) is 4.39. The summed E-state index contributed by atoms with van der Waals surface area (Å²) in [5.74, 6) is -5.21. The molecule has 0 unspecified atom stereocenters. The lowest BCUT2D eigenvalue weighted by Crippen LogP contribution is -2.50. The third-order valence-corrected chi connectivity index (χ3v) is 0.982. The topological polar surface area (TPSA) is 151 Å². The van der Waals surface area contributed by atoms with Gasteiger partial charge in [0.1, 0.15) is 0 Å². The largest absolute Gasteiger partial charge is 0.361 e. The van der Waals surface area contributed by atoms with Gasteiger partial charge in [0, 0.05) is 0 Å². The second-order valence-corrected chi connectivity index (χ2v) is 1.95. The molecule has 0 fully saturated rings. The summed E-state index contributed by atoms with van der Waals surface area (Å²) in [5.41, 5.74) is 0. The SMILES string of the molecule is C=CC(O)(O)C(C)(O)O.N.N. The molecule has 6 nitrogen and oxygen atoms in total. The van der Waals surface area contributed by atoms with E-state index in [2.05, 4.69) is 6.58 Å². The Kier molecular flexibility index (Phi) is 6.73.